The lowest BCUT2D eigenvalue weighted by Crippen LogP contribution is -2.34. The Morgan fingerprint density at radius 2 is 1.76 bits per heavy atom. The lowest BCUT2D eigenvalue weighted by atomic mass is 10.1. The molecule has 1 aromatic heterocycles. The number of carbonyl (C=O) groups is 1. The van der Waals surface area contributed by atoms with E-state index in [2.05, 4.69) is 22.5 Å². The fourth-order valence-electron chi connectivity index (χ4n) is 3.87. The third-order valence-corrected chi connectivity index (χ3v) is 6.14. The zero-order valence-corrected chi connectivity index (χ0v) is 21.4. The van der Waals surface area contributed by atoms with Crippen molar-refractivity contribution in [3.63, 3.8) is 0 Å². The smallest absolute Gasteiger partial charge is 0.257 e. The molecule has 0 radical (unpaired) electrons. The summed E-state index contributed by atoms with van der Waals surface area (Å²) < 4.78 is 11.6. The minimum atomic E-state index is -0.359. The lowest BCUT2D eigenvalue weighted by Gasteiger charge is -2.11. The number of oxazole rings is 1. The van der Waals surface area contributed by atoms with Crippen LogP contribution in [0.2, 0.25) is 0 Å². The highest BCUT2D eigenvalue weighted by atomic mass is 32.1. The van der Waals surface area contributed by atoms with Gasteiger partial charge in [-0.15, -0.1) is 0 Å². The molecular formula is C30H25N3O4S. The van der Waals surface area contributed by atoms with Gasteiger partial charge in [-0.2, -0.15) is 0 Å². The summed E-state index contributed by atoms with van der Waals surface area (Å²) in [5.74, 6) is 0.607. The Morgan fingerprint density at radius 3 is 2.53 bits per heavy atom. The zero-order valence-electron chi connectivity index (χ0n) is 20.6. The van der Waals surface area contributed by atoms with Crippen LogP contribution < -0.4 is 15.4 Å². The number of ether oxygens (including phenoxy) is 1. The van der Waals surface area contributed by atoms with Crippen LogP contribution in [0.4, 0.5) is 5.69 Å². The van der Waals surface area contributed by atoms with Crippen molar-refractivity contribution < 1.29 is 19.1 Å². The molecule has 0 saturated heterocycles. The van der Waals surface area contributed by atoms with Crippen molar-refractivity contribution in [2.45, 2.75) is 20.0 Å². The molecule has 0 saturated carbocycles. The number of hydrogen-bond acceptors (Lipinski definition) is 6. The summed E-state index contributed by atoms with van der Waals surface area (Å²) in [6, 6.07) is 27.3. The standard InChI is InChI=1S/C30H25N3O4S/c1-2-19-8-15-27-25(16-19)32-29(37-27)24-17-22(11-14-26(24)34)31-30(38)33-28(35)21-9-12-23(13-10-21)36-18-20-6-4-3-5-7-20/h3-17,34H,2,18H2,1H3,(H2,31,33,35,38). The number of aromatic nitrogens is 1. The second-order valence-electron chi connectivity index (χ2n) is 8.61. The minimum absolute atomic E-state index is 0.0161. The van der Waals surface area contributed by atoms with Crippen molar-refractivity contribution in [2.75, 3.05) is 5.32 Å². The van der Waals surface area contributed by atoms with Gasteiger partial charge in [0.05, 0.1) is 5.56 Å². The summed E-state index contributed by atoms with van der Waals surface area (Å²) in [5.41, 5.74) is 4.96. The highest BCUT2D eigenvalue weighted by Gasteiger charge is 2.15. The topological polar surface area (TPSA) is 96.6 Å². The number of thiocarbonyl (C=S) groups is 1. The number of anilines is 1. The van der Waals surface area contributed by atoms with Crippen LogP contribution in [0.25, 0.3) is 22.6 Å². The number of rotatable bonds is 7. The Hall–Kier alpha value is -4.69. The Labute approximate surface area is 225 Å². The molecule has 0 aliphatic heterocycles. The van der Waals surface area contributed by atoms with E-state index in [0.29, 0.717) is 40.6 Å². The van der Waals surface area contributed by atoms with Crippen LogP contribution in [0, 0.1) is 0 Å². The molecule has 38 heavy (non-hydrogen) atoms. The molecule has 0 aliphatic rings. The number of nitrogens with one attached hydrogen (secondary N) is 2. The number of carbonyl (C=O) groups excluding carboxylic acids is 1. The van der Waals surface area contributed by atoms with Gasteiger partial charge >= 0.3 is 0 Å². The first-order valence-electron chi connectivity index (χ1n) is 12.1. The van der Waals surface area contributed by atoms with Crippen molar-refractivity contribution in [2.24, 2.45) is 0 Å². The first-order chi connectivity index (χ1) is 18.5. The van der Waals surface area contributed by atoms with Crippen LogP contribution in [0.3, 0.4) is 0 Å². The van der Waals surface area contributed by atoms with Gasteiger partial charge in [-0.05, 0) is 84.4 Å². The summed E-state index contributed by atoms with van der Waals surface area (Å²) in [6.45, 7) is 2.51. The predicted octanol–water partition coefficient (Wildman–Crippen LogP) is 6.47. The maximum Gasteiger partial charge on any atom is 0.257 e. The summed E-state index contributed by atoms with van der Waals surface area (Å²) in [7, 11) is 0. The molecule has 190 valence electrons. The molecule has 1 heterocycles. The first kappa shape index (κ1) is 25.0. The maximum atomic E-state index is 12.7. The van der Waals surface area contributed by atoms with Crippen LogP contribution in [-0.4, -0.2) is 21.1 Å². The molecule has 1 amide bonds. The van der Waals surface area contributed by atoms with E-state index in [4.69, 9.17) is 21.4 Å². The average molecular weight is 524 g/mol. The minimum Gasteiger partial charge on any atom is -0.507 e. The molecule has 5 rings (SSSR count). The van der Waals surface area contributed by atoms with Gasteiger partial charge < -0.3 is 19.6 Å². The van der Waals surface area contributed by atoms with E-state index in [0.717, 1.165) is 23.1 Å². The number of nitrogens with zero attached hydrogens (tertiary/aromatic N) is 1. The van der Waals surface area contributed by atoms with E-state index in [1.165, 1.54) is 6.07 Å². The normalized spacial score (nSPS) is 10.8. The average Bonchev–Trinajstić information content (AvgIpc) is 3.37. The summed E-state index contributed by atoms with van der Waals surface area (Å²) in [6.07, 6.45) is 0.887. The molecular weight excluding hydrogens is 498 g/mol. The van der Waals surface area contributed by atoms with Gasteiger partial charge in [-0.3, -0.25) is 10.1 Å². The first-order valence-corrected chi connectivity index (χ1v) is 12.5. The Bertz CT molecular complexity index is 1600. The highest BCUT2D eigenvalue weighted by Crippen LogP contribution is 2.33. The second kappa shape index (κ2) is 11.1. The number of benzene rings is 4. The predicted molar refractivity (Wildman–Crippen MR) is 151 cm³/mol. The number of fused-ring (bicyclic) bond motifs is 1. The highest BCUT2D eigenvalue weighted by molar-refractivity contribution is 7.80. The number of phenols is 1. The molecule has 0 fully saturated rings. The second-order valence-corrected chi connectivity index (χ2v) is 9.02. The monoisotopic (exact) mass is 523 g/mol. The third-order valence-electron chi connectivity index (χ3n) is 5.94. The Morgan fingerprint density at radius 1 is 0.974 bits per heavy atom. The van der Waals surface area contributed by atoms with Crippen LogP contribution >= 0.6 is 12.2 Å². The van der Waals surface area contributed by atoms with E-state index < -0.39 is 0 Å². The van der Waals surface area contributed by atoms with E-state index >= 15 is 0 Å². The van der Waals surface area contributed by atoms with Crippen LogP contribution in [0.1, 0.15) is 28.4 Å². The number of phenolic OH excluding ortho intramolecular Hbond substituents is 1. The summed E-state index contributed by atoms with van der Waals surface area (Å²) in [5, 5.41) is 16.2. The summed E-state index contributed by atoms with van der Waals surface area (Å²) >= 11 is 5.34. The Kier molecular flexibility index (Phi) is 7.33. The summed E-state index contributed by atoms with van der Waals surface area (Å²) in [4.78, 5) is 17.2. The van der Waals surface area contributed by atoms with Gasteiger partial charge in [0.25, 0.3) is 5.91 Å². The van der Waals surface area contributed by atoms with E-state index in [1.807, 2.05) is 48.5 Å². The van der Waals surface area contributed by atoms with Crippen LogP contribution in [0.15, 0.2) is 95.4 Å². The van der Waals surface area contributed by atoms with Gasteiger partial charge in [0.1, 0.15) is 23.6 Å². The van der Waals surface area contributed by atoms with Crippen LogP contribution in [-0.2, 0) is 13.0 Å². The molecule has 7 nitrogen and oxygen atoms in total. The molecule has 0 aliphatic carbocycles. The molecule has 5 aromatic rings. The lowest BCUT2D eigenvalue weighted by molar-refractivity contribution is 0.0977. The molecule has 0 unspecified atom stereocenters. The zero-order chi connectivity index (χ0) is 26.5. The molecule has 0 atom stereocenters. The largest absolute Gasteiger partial charge is 0.507 e. The van der Waals surface area contributed by atoms with Gasteiger partial charge in [-0.1, -0.05) is 43.3 Å². The van der Waals surface area contributed by atoms with Crippen molar-refractivity contribution in [1.82, 2.24) is 10.3 Å². The number of aryl methyl sites for hydroxylation is 1. The van der Waals surface area contributed by atoms with Gasteiger partial charge in [0.15, 0.2) is 10.7 Å². The third kappa shape index (κ3) is 5.82. The van der Waals surface area contributed by atoms with Crippen molar-refractivity contribution in [3.05, 3.63) is 108 Å². The van der Waals surface area contributed by atoms with Crippen LogP contribution in [0.5, 0.6) is 11.5 Å². The van der Waals surface area contributed by atoms with Gasteiger partial charge in [0.2, 0.25) is 5.89 Å². The van der Waals surface area contributed by atoms with Gasteiger partial charge in [0, 0.05) is 11.3 Å². The molecule has 8 heteroatoms. The van der Waals surface area contributed by atoms with E-state index in [-0.39, 0.29) is 16.8 Å². The molecule has 0 spiro atoms. The number of hydrogen-bond donors (Lipinski definition) is 3. The van der Waals surface area contributed by atoms with Crippen molar-refractivity contribution in [1.29, 1.82) is 0 Å². The number of amides is 1. The SMILES string of the molecule is CCc1ccc2oc(-c3cc(NC(=S)NC(=O)c4ccc(OCc5ccccc5)cc4)ccc3O)nc2c1. The van der Waals surface area contributed by atoms with E-state index in [1.54, 1.807) is 36.4 Å². The fourth-order valence-corrected chi connectivity index (χ4v) is 4.08. The van der Waals surface area contributed by atoms with Crippen molar-refractivity contribution in [3.8, 4) is 23.0 Å². The maximum absolute atomic E-state index is 12.7. The number of aromatic hydroxyl groups is 1. The van der Waals surface area contributed by atoms with Gasteiger partial charge in [-0.25, -0.2) is 4.98 Å². The van der Waals surface area contributed by atoms with Crippen molar-refractivity contribution >= 4 is 40.0 Å². The molecule has 4 aromatic carbocycles. The fraction of sp³-hybridized carbons (Fsp3) is 0.100. The van der Waals surface area contributed by atoms with E-state index in [9.17, 15) is 9.90 Å². The molecule has 0 bridgehead atoms. The quantitative estimate of drug-likeness (QED) is 0.166. The Balaban J connectivity index is 1.22. The molecule has 3 N–H and O–H groups in total.